The SMILES string of the molecule is CC(C)(C)OC(=O)CCN1CCOC(c2ccc(Oc3cc(F)cc(F)c3)cc2)C1. The second-order valence-corrected chi connectivity index (χ2v) is 8.27. The number of morpholine rings is 1. The molecule has 0 N–H and O–H groups in total. The van der Waals surface area contributed by atoms with E-state index in [9.17, 15) is 13.6 Å². The number of hydrogen-bond donors (Lipinski definition) is 0. The first-order valence-corrected chi connectivity index (χ1v) is 9.98. The zero-order valence-corrected chi connectivity index (χ0v) is 17.5. The summed E-state index contributed by atoms with van der Waals surface area (Å²) in [5.74, 6) is -1.02. The lowest BCUT2D eigenvalue weighted by molar-refractivity contribution is -0.155. The quantitative estimate of drug-likeness (QED) is 0.626. The van der Waals surface area contributed by atoms with Crippen molar-refractivity contribution in [3.63, 3.8) is 0 Å². The fourth-order valence-electron chi connectivity index (χ4n) is 3.22. The molecule has 0 radical (unpaired) electrons. The fourth-order valence-corrected chi connectivity index (χ4v) is 3.22. The largest absolute Gasteiger partial charge is 0.460 e. The van der Waals surface area contributed by atoms with Crippen LogP contribution in [0.15, 0.2) is 42.5 Å². The summed E-state index contributed by atoms with van der Waals surface area (Å²) in [4.78, 5) is 14.1. The maximum absolute atomic E-state index is 13.3. The van der Waals surface area contributed by atoms with Crippen molar-refractivity contribution in [2.75, 3.05) is 26.2 Å². The van der Waals surface area contributed by atoms with E-state index in [2.05, 4.69) is 4.90 Å². The van der Waals surface area contributed by atoms with E-state index in [1.807, 2.05) is 32.9 Å². The molecule has 162 valence electrons. The van der Waals surface area contributed by atoms with Crippen LogP contribution >= 0.6 is 0 Å². The lowest BCUT2D eigenvalue weighted by Crippen LogP contribution is -2.39. The van der Waals surface area contributed by atoms with E-state index in [1.165, 1.54) is 0 Å². The van der Waals surface area contributed by atoms with Gasteiger partial charge < -0.3 is 14.2 Å². The third-order valence-corrected chi connectivity index (χ3v) is 4.53. The first-order valence-electron chi connectivity index (χ1n) is 9.98. The van der Waals surface area contributed by atoms with E-state index in [0.29, 0.717) is 31.9 Å². The highest BCUT2D eigenvalue weighted by Crippen LogP contribution is 2.27. The average Bonchev–Trinajstić information content (AvgIpc) is 2.65. The third-order valence-electron chi connectivity index (χ3n) is 4.53. The standard InChI is InChI=1S/C23H27F2NO4/c1-23(2,3)30-22(27)8-9-26-10-11-28-21(15-26)16-4-6-19(7-5-16)29-20-13-17(24)12-18(25)14-20/h4-7,12-14,21H,8-11,15H2,1-3H3. The molecule has 2 aromatic carbocycles. The monoisotopic (exact) mass is 419 g/mol. The van der Waals surface area contributed by atoms with Gasteiger partial charge in [0.05, 0.1) is 19.1 Å². The Morgan fingerprint density at radius 1 is 1.10 bits per heavy atom. The molecule has 1 fully saturated rings. The summed E-state index contributed by atoms with van der Waals surface area (Å²) in [6.07, 6.45) is 0.207. The topological polar surface area (TPSA) is 48.0 Å². The van der Waals surface area contributed by atoms with E-state index in [-0.39, 0.29) is 17.8 Å². The molecule has 0 bridgehead atoms. The zero-order chi connectivity index (χ0) is 21.7. The van der Waals surface area contributed by atoms with Crippen LogP contribution in [0.3, 0.4) is 0 Å². The van der Waals surface area contributed by atoms with E-state index < -0.39 is 17.2 Å². The summed E-state index contributed by atoms with van der Waals surface area (Å²) in [6, 6.07) is 10.3. The van der Waals surface area contributed by atoms with Gasteiger partial charge in [-0.3, -0.25) is 9.69 Å². The normalized spacial score (nSPS) is 17.6. The van der Waals surface area contributed by atoms with Gasteiger partial charge in [0.2, 0.25) is 0 Å². The van der Waals surface area contributed by atoms with Crippen LogP contribution in [0.25, 0.3) is 0 Å². The van der Waals surface area contributed by atoms with Gasteiger partial charge >= 0.3 is 5.97 Å². The van der Waals surface area contributed by atoms with Crippen LogP contribution < -0.4 is 4.74 Å². The summed E-state index contributed by atoms with van der Waals surface area (Å²) in [5.41, 5.74) is 0.487. The summed E-state index contributed by atoms with van der Waals surface area (Å²) < 4.78 is 43.4. The zero-order valence-electron chi connectivity index (χ0n) is 17.5. The number of nitrogens with zero attached hydrogens (tertiary/aromatic N) is 1. The fraction of sp³-hybridized carbons (Fsp3) is 0.435. The van der Waals surface area contributed by atoms with E-state index in [4.69, 9.17) is 14.2 Å². The highest BCUT2D eigenvalue weighted by molar-refractivity contribution is 5.70. The van der Waals surface area contributed by atoms with Gasteiger partial charge in [-0.25, -0.2) is 8.78 Å². The Hall–Kier alpha value is -2.51. The second-order valence-electron chi connectivity index (χ2n) is 8.27. The van der Waals surface area contributed by atoms with Gasteiger partial charge in [-0.05, 0) is 38.5 Å². The highest BCUT2D eigenvalue weighted by atomic mass is 19.1. The van der Waals surface area contributed by atoms with E-state index in [0.717, 1.165) is 30.3 Å². The molecule has 2 aromatic rings. The van der Waals surface area contributed by atoms with Crippen molar-refractivity contribution in [3.05, 3.63) is 59.7 Å². The van der Waals surface area contributed by atoms with Crippen LogP contribution in [0.5, 0.6) is 11.5 Å². The number of benzene rings is 2. The molecule has 1 saturated heterocycles. The number of halogens is 2. The number of carbonyl (C=O) groups excluding carboxylic acids is 1. The lowest BCUT2D eigenvalue weighted by atomic mass is 10.1. The summed E-state index contributed by atoms with van der Waals surface area (Å²) in [6.45, 7) is 8.17. The van der Waals surface area contributed by atoms with Crippen LogP contribution in [0.4, 0.5) is 8.78 Å². The van der Waals surface area contributed by atoms with Gasteiger partial charge in [-0.2, -0.15) is 0 Å². The molecule has 0 aromatic heterocycles. The first kappa shape index (κ1) is 22.2. The average molecular weight is 419 g/mol. The molecule has 0 saturated carbocycles. The Morgan fingerprint density at radius 2 is 1.77 bits per heavy atom. The van der Waals surface area contributed by atoms with Crippen LogP contribution in [0.1, 0.15) is 38.9 Å². The molecule has 1 heterocycles. The molecule has 0 amide bonds. The minimum Gasteiger partial charge on any atom is -0.460 e. The van der Waals surface area contributed by atoms with E-state index >= 15 is 0 Å². The van der Waals surface area contributed by atoms with Crippen LogP contribution in [0, 0.1) is 11.6 Å². The second kappa shape index (κ2) is 9.53. The number of hydrogen-bond acceptors (Lipinski definition) is 5. The predicted octanol–water partition coefficient (Wildman–Crippen LogP) is 4.86. The first-order chi connectivity index (χ1) is 14.2. The maximum Gasteiger partial charge on any atom is 0.307 e. The molecule has 1 unspecified atom stereocenters. The van der Waals surface area contributed by atoms with Crippen molar-refractivity contribution >= 4 is 5.97 Å². The van der Waals surface area contributed by atoms with Crippen molar-refractivity contribution in [3.8, 4) is 11.5 Å². The smallest absolute Gasteiger partial charge is 0.307 e. The third kappa shape index (κ3) is 6.78. The van der Waals surface area contributed by atoms with Gasteiger partial charge in [0, 0.05) is 37.8 Å². The minimum absolute atomic E-state index is 0.0995. The van der Waals surface area contributed by atoms with E-state index in [1.54, 1.807) is 12.1 Å². The number of rotatable bonds is 6. The summed E-state index contributed by atoms with van der Waals surface area (Å²) in [5, 5.41) is 0. The Bertz CT molecular complexity index is 844. The Labute approximate surface area is 175 Å². The highest BCUT2D eigenvalue weighted by Gasteiger charge is 2.23. The van der Waals surface area contributed by atoms with Crippen LogP contribution in [-0.4, -0.2) is 42.7 Å². The Balaban J connectivity index is 1.54. The molecule has 30 heavy (non-hydrogen) atoms. The van der Waals surface area contributed by atoms with Crippen molar-refractivity contribution in [2.45, 2.75) is 38.9 Å². The van der Waals surface area contributed by atoms with Crippen molar-refractivity contribution in [1.82, 2.24) is 4.90 Å². The van der Waals surface area contributed by atoms with Crippen molar-refractivity contribution < 1.29 is 27.8 Å². The Kier molecular flexibility index (Phi) is 7.05. The van der Waals surface area contributed by atoms with Gasteiger partial charge in [0.15, 0.2) is 0 Å². The minimum atomic E-state index is -0.691. The van der Waals surface area contributed by atoms with Gasteiger partial charge in [-0.15, -0.1) is 0 Å². The van der Waals surface area contributed by atoms with Crippen LogP contribution in [-0.2, 0) is 14.3 Å². The maximum atomic E-state index is 13.3. The van der Waals surface area contributed by atoms with Crippen molar-refractivity contribution in [1.29, 1.82) is 0 Å². The van der Waals surface area contributed by atoms with Gasteiger partial charge in [-0.1, -0.05) is 12.1 Å². The molecule has 0 aliphatic carbocycles. The molecule has 1 atom stereocenters. The number of carbonyl (C=O) groups is 1. The van der Waals surface area contributed by atoms with Crippen LogP contribution in [0.2, 0.25) is 0 Å². The molecule has 5 nitrogen and oxygen atoms in total. The van der Waals surface area contributed by atoms with Crippen molar-refractivity contribution in [2.24, 2.45) is 0 Å². The predicted molar refractivity (Wildman–Crippen MR) is 108 cm³/mol. The molecule has 7 heteroatoms. The molecule has 1 aliphatic heterocycles. The molecule has 1 aliphatic rings. The van der Waals surface area contributed by atoms with Gasteiger partial charge in [0.1, 0.15) is 28.7 Å². The summed E-state index contributed by atoms with van der Waals surface area (Å²) in [7, 11) is 0. The molecular formula is C23H27F2NO4. The lowest BCUT2D eigenvalue weighted by Gasteiger charge is -2.33. The number of ether oxygens (including phenoxy) is 3. The van der Waals surface area contributed by atoms with Gasteiger partial charge in [0.25, 0.3) is 0 Å². The number of esters is 1. The Morgan fingerprint density at radius 3 is 2.40 bits per heavy atom. The molecule has 0 spiro atoms. The molecular weight excluding hydrogens is 392 g/mol. The summed E-state index contributed by atoms with van der Waals surface area (Å²) >= 11 is 0. The molecule has 3 rings (SSSR count).